The number of nitrogens with zero attached hydrogens (tertiary/aromatic N) is 1. The predicted molar refractivity (Wildman–Crippen MR) is 161 cm³/mol. The molecule has 0 saturated carbocycles. The molecule has 0 aliphatic heterocycles. The van der Waals surface area contributed by atoms with Crippen molar-refractivity contribution in [2.45, 2.75) is 13.8 Å². The number of hydrogen-bond acceptors (Lipinski definition) is 3. The molecule has 0 radical (unpaired) electrons. The molecule has 0 aliphatic carbocycles. The van der Waals surface area contributed by atoms with E-state index < -0.39 is 0 Å². The number of benzene rings is 5. The molecule has 1 aromatic heterocycles. The second kappa shape index (κ2) is 9.96. The first-order valence-electron chi connectivity index (χ1n) is 12.5. The third-order valence-electron chi connectivity index (χ3n) is 6.70. The second-order valence-electron chi connectivity index (χ2n) is 9.31. The lowest BCUT2D eigenvalue weighted by atomic mass is 10.1. The van der Waals surface area contributed by atoms with Gasteiger partial charge in [-0.25, -0.2) is 0 Å². The molecule has 0 aliphatic rings. The van der Waals surface area contributed by atoms with Crippen LogP contribution >= 0.6 is 11.3 Å². The summed E-state index contributed by atoms with van der Waals surface area (Å²) in [5, 5.41) is 4.95. The first kappa shape index (κ1) is 23.1. The maximum Gasteiger partial charge on any atom is 0.0482 e. The molecule has 180 valence electrons. The molecule has 37 heavy (non-hydrogen) atoms. The summed E-state index contributed by atoms with van der Waals surface area (Å²) in [5.74, 6) is 0. The Labute approximate surface area is 222 Å². The summed E-state index contributed by atoms with van der Waals surface area (Å²) in [5.41, 5.74) is 9.31. The van der Waals surface area contributed by atoms with Crippen LogP contribution in [0.4, 0.5) is 28.4 Å². The summed E-state index contributed by atoms with van der Waals surface area (Å²) in [4.78, 5) is 3.60. The average molecular weight is 497 g/mol. The number of aryl methyl sites for hydroxylation is 2. The zero-order valence-electron chi connectivity index (χ0n) is 21.0. The number of thiophene rings is 1. The van der Waals surface area contributed by atoms with Gasteiger partial charge in [-0.2, -0.15) is 0 Å². The summed E-state index contributed by atoms with van der Waals surface area (Å²) < 4.78 is 1.32. The number of rotatable bonds is 6. The van der Waals surface area contributed by atoms with E-state index in [1.807, 2.05) is 11.3 Å². The van der Waals surface area contributed by atoms with E-state index in [1.54, 1.807) is 0 Å². The molecule has 1 heterocycles. The minimum atomic E-state index is 1.07. The minimum Gasteiger partial charge on any atom is -0.355 e. The van der Waals surface area contributed by atoms with Crippen LogP contribution in [0.15, 0.2) is 127 Å². The van der Waals surface area contributed by atoms with Crippen molar-refractivity contribution in [2.75, 3.05) is 10.2 Å². The van der Waals surface area contributed by atoms with Crippen molar-refractivity contribution in [1.82, 2.24) is 0 Å². The maximum atomic E-state index is 3.66. The molecule has 2 nitrogen and oxygen atoms in total. The van der Waals surface area contributed by atoms with E-state index in [0.29, 0.717) is 0 Å². The van der Waals surface area contributed by atoms with Gasteiger partial charge < -0.3 is 10.2 Å². The van der Waals surface area contributed by atoms with Crippen molar-refractivity contribution in [3.05, 3.63) is 139 Å². The fourth-order valence-corrected chi connectivity index (χ4v) is 5.87. The smallest absolute Gasteiger partial charge is 0.0482 e. The standard InChI is InChI=1S/C34H28N2S/c1-24-10-8-11-25(2)34(24)35-28-13-9-16-31(23-28)36(29-14-4-3-5-15-29)30-20-18-26(19-21-30)33-22-27-12-6-7-17-32(27)37-33/h3-23,35H,1-2H3. The third-order valence-corrected chi connectivity index (χ3v) is 7.87. The highest BCUT2D eigenvalue weighted by atomic mass is 32.1. The van der Waals surface area contributed by atoms with Gasteiger partial charge in [0.1, 0.15) is 0 Å². The summed E-state index contributed by atoms with van der Waals surface area (Å²) in [6.45, 7) is 4.29. The van der Waals surface area contributed by atoms with Gasteiger partial charge in [-0.05, 0) is 90.5 Å². The highest BCUT2D eigenvalue weighted by Crippen LogP contribution is 2.39. The summed E-state index contributed by atoms with van der Waals surface area (Å²) in [6.07, 6.45) is 0. The van der Waals surface area contributed by atoms with Crippen molar-refractivity contribution in [3.63, 3.8) is 0 Å². The lowest BCUT2D eigenvalue weighted by molar-refractivity contribution is 1.28. The number of fused-ring (bicyclic) bond motifs is 1. The molecule has 6 rings (SSSR count). The lowest BCUT2D eigenvalue weighted by Gasteiger charge is -2.26. The van der Waals surface area contributed by atoms with Gasteiger partial charge in [0.2, 0.25) is 0 Å². The van der Waals surface area contributed by atoms with Gasteiger partial charge in [0.25, 0.3) is 0 Å². The van der Waals surface area contributed by atoms with Gasteiger partial charge in [-0.3, -0.25) is 0 Å². The van der Waals surface area contributed by atoms with Crippen LogP contribution in [0.5, 0.6) is 0 Å². The molecule has 1 N–H and O–H groups in total. The molecule has 0 spiro atoms. The molecule has 6 aromatic rings. The van der Waals surface area contributed by atoms with E-state index in [0.717, 1.165) is 22.7 Å². The molecule has 0 atom stereocenters. The largest absolute Gasteiger partial charge is 0.355 e. The average Bonchev–Trinajstić information content (AvgIpc) is 3.37. The Kier molecular flexibility index (Phi) is 6.21. The van der Waals surface area contributed by atoms with Crippen molar-refractivity contribution in [3.8, 4) is 10.4 Å². The molecule has 0 bridgehead atoms. The summed E-state index contributed by atoms with van der Waals surface area (Å²) in [7, 11) is 0. The number of anilines is 5. The van der Waals surface area contributed by atoms with Crippen LogP contribution in [0.1, 0.15) is 11.1 Å². The van der Waals surface area contributed by atoms with Crippen molar-refractivity contribution in [2.24, 2.45) is 0 Å². The number of para-hydroxylation sites is 2. The van der Waals surface area contributed by atoms with E-state index in [1.165, 1.54) is 37.3 Å². The first-order chi connectivity index (χ1) is 18.2. The zero-order chi connectivity index (χ0) is 25.2. The highest BCUT2D eigenvalue weighted by molar-refractivity contribution is 7.22. The summed E-state index contributed by atoms with van der Waals surface area (Å²) in [6, 6.07) is 45.4. The van der Waals surface area contributed by atoms with Gasteiger partial charge in [-0.15, -0.1) is 11.3 Å². The van der Waals surface area contributed by atoms with Crippen LogP contribution in [0, 0.1) is 13.8 Å². The Bertz CT molecular complexity index is 1610. The van der Waals surface area contributed by atoms with Gasteiger partial charge >= 0.3 is 0 Å². The Morgan fingerprint density at radius 3 is 1.97 bits per heavy atom. The van der Waals surface area contributed by atoms with Crippen LogP contribution in [-0.4, -0.2) is 0 Å². The van der Waals surface area contributed by atoms with Crippen molar-refractivity contribution in [1.29, 1.82) is 0 Å². The molecule has 0 fully saturated rings. The quantitative estimate of drug-likeness (QED) is 0.247. The van der Waals surface area contributed by atoms with E-state index in [4.69, 9.17) is 0 Å². The maximum absolute atomic E-state index is 3.66. The third kappa shape index (κ3) is 4.74. The molecule has 0 unspecified atom stereocenters. The Balaban J connectivity index is 1.37. The summed E-state index contributed by atoms with van der Waals surface area (Å²) >= 11 is 1.84. The van der Waals surface area contributed by atoms with Crippen molar-refractivity contribution < 1.29 is 0 Å². The Hall–Kier alpha value is -4.34. The van der Waals surface area contributed by atoms with Crippen LogP contribution in [0.2, 0.25) is 0 Å². The monoisotopic (exact) mass is 496 g/mol. The Morgan fingerprint density at radius 2 is 1.22 bits per heavy atom. The fourth-order valence-electron chi connectivity index (χ4n) is 4.80. The fraction of sp³-hybridized carbons (Fsp3) is 0.0588. The molecular formula is C34H28N2S. The molecule has 0 amide bonds. The van der Waals surface area contributed by atoms with Crippen LogP contribution in [0.25, 0.3) is 20.5 Å². The number of hydrogen-bond donors (Lipinski definition) is 1. The van der Waals surface area contributed by atoms with Gasteiger partial charge in [0.05, 0.1) is 0 Å². The Morgan fingerprint density at radius 1 is 0.568 bits per heavy atom. The topological polar surface area (TPSA) is 15.3 Å². The molecule has 0 saturated heterocycles. The van der Waals surface area contributed by atoms with Crippen LogP contribution in [-0.2, 0) is 0 Å². The minimum absolute atomic E-state index is 1.07. The molecule has 5 aromatic carbocycles. The van der Waals surface area contributed by atoms with E-state index in [-0.39, 0.29) is 0 Å². The van der Waals surface area contributed by atoms with Crippen LogP contribution in [0.3, 0.4) is 0 Å². The van der Waals surface area contributed by atoms with E-state index in [2.05, 4.69) is 151 Å². The lowest BCUT2D eigenvalue weighted by Crippen LogP contribution is -2.10. The van der Waals surface area contributed by atoms with Crippen LogP contribution < -0.4 is 10.2 Å². The highest BCUT2D eigenvalue weighted by Gasteiger charge is 2.14. The van der Waals surface area contributed by atoms with E-state index >= 15 is 0 Å². The predicted octanol–water partition coefficient (Wildman–Crippen LogP) is 10.4. The molecule has 3 heteroatoms. The first-order valence-corrected chi connectivity index (χ1v) is 13.3. The van der Waals surface area contributed by atoms with Crippen molar-refractivity contribution >= 4 is 49.9 Å². The molecular weight excluding hydrogens is 468 g/mol. The SMILES string of the molecule is Cc1cccc(C)c1Nc1cccc(N(c2ccccc2)c2ccc(-c3cc4ccccc4s3)cc2)c1. The van der Waals surface area contributed by atoms with Gasteiger partial charge in [0.15, 0.2) is 0 Å². The van der Waals surface area contributed by atoms with Gasteiger partial charge in [-0.1, -0.05) is 72.8 Å². The normalized spacial score (nSPS) is 11.0. The number of nitrogens with one attached hydrogen (secondary N) is 1. The van der Waals surface area contributed by atoms with Gasteiger partial charge in [0, 0.05) is 38.0 Å². The van der Waals surface area contributed by atoms with E-state index in [9.17, 15) is 0 Å². The second-order valence-corrected chi connectivity index (χ2v) is 10.4. The zero-order valence-corrected chi connectivity index (χ0v) is 21.8.